The lowest BCUT2D eigenvalue weighted by atomic mass is 10.0. The second-order valence-electron chi connectivity index (χ2n) is 9.02. The van der Waals surface area contributed by atoms with Crippen molar-refractivity contribution in [1.82, 2.24) is 9.97 Å². The van der Waals surface area contributed by atoms with Crippen LogP contribution in [0.1, 0.15) is 29.3 Å². The van der Waals surface area contributed by atoms with E-state index in [0.717, 1.165) is 28.1 Å². The topological polar surface area (TPSA) is 81.2 Å². The van der Waals surface area contributed by atoms with E-state index in [1.165, 1.54) is 0 Å². The molecule has 0 spiro atoms. The molecule has 0 radical (unpaired) electrons. The Morgan fingerprint density at radius 3 is 2.00 bits per heavy atom. The zero-order chi connectivity index (χ0) is 26.5. The van der Waals surface area contributed by atoms with Gasteiger partial charge in [-0.25, -0.2) is 14.8 Å². The zero-order valence-corrected chi connectivity index (χ0v) is 21.2. The number of aromatic nitrogens is 2. The number of benzene rings is 4. The lowest BCUT2D eigenvalue weighted by Crippen LogP contribution is -2.32. The van der Waals surface area contributed by atoms with Crippen LogP contribution in [0.4, 0.5) is 5.69 Å². The summed E-state index contributed by atoms with van der Waals surface area (Å²) in [6.07, 6.45) is -0.583. The third kappa shape index (κ3) is 5.44. The van der Waals surface area contributed by atoms with Gasteiger partial charge in [0.05, 0.1) is 28.0 Å². The fourth-order valence-corrected chi connectivity index (χ4v) is 4.24. The molecule has 5 aromatic rings. The van der Waals surface area contributed by atoms with Crippen LogP contribution < -0.4 is 5.32 Å². The Morgan fingerprint density at radius 1 is 0.763 bits per heavy atom. The molecule has 6 heteroatoms. The fourth-order valence-electron chi connectivity index (χ4n) is 4.24. The molecule has 38 heavy (non-hydrogen) atoms. The highest BCUT2D eigenvalue weighted by Crippen LogP contribution is 2.31. The van der Waals surface area contributed by atoms with Crippen LogP contribution >= 0.6 is 0 Å². The summed E-state index contributed by atoms with van der Waals surface area (Å²) in [5.74, 6) is -0.959. The van der Waals surface area contributed by atoms with Crippen LogP contribution in [0.25, 0.3) is 33.5 Å². The Kier molecular flexibility index (Phi) is 7.22. The maximum atomic E-state index is 13.1. The molecule has 6 nitrogen and oxygen atoms in total. The van der Waals surface area contributed by atoms with E-state index in [2.05, 4.69) is 5.32 Å². The summed E-state index contributed by atoms with van der Waals surface area (Å²) in [5, 5.41) is 2.83. The number of fused-ring (bicyclic) bond motifs is 1. The number of hydrogen-bond donors (Lipinski definition) is 1. The van der Waals surface area contributed by atoms with Gasteiger partial charge in [-0.05, 0) is 49.2 Å². The summed E-state index contributed by atoms with van der Waals surface area (Å²) in [4.78, 5) is 35.7. The summed E-state index contributed by atoms with van der Waals surface area (Å²) < 4.78 is 5.61. The van der Waals surface area contributed by atoms with Gasteiger partial charge in [-0.2, -0.15) is 0 Å². The van der Waals surface area contributed by atoms with Crippen LogP contribution in [0.15, 0.2) is 103 Å². The molecule has 1 atom stereocenters. The maximum absolute atomic E-state index is 13.1. The Morgan fingerprint density at radius 2 is 1.39 bits per heavy atom. The fraction of sp³-hybridized carbons (Fsp3) is 0.125. The summed E-state index contributed by atoms with van der Waals surface area (Å²) in [6.45, 7) is 3.75. The van der Waals surface area contributed by atoms with E-state index in [-0.39, 0.29) is 5.91 Å². The number of ether oxygens (including phenoxy) is 1. The summed E-state index contributed by atoms with van der Waals surface area (Å²) >= 11 is 0. The van der Waals surface area contributed by atoms with Gasteiger partial charge in [0.2, 0.25) is 0 Å². The molecule has 0 aliphatic heterocycles. The number of aryl methyl sites for hydroxylation is 1. The Bertz CT molecular complexity index is 1600. The maximum Gasteiger partial charge on any atom is 0.338 e. The first-order valence-corrected chi connectivity index (χ1v) is 12.5. The largest absolute Gasteiger partial charge is 0.449 e. The van der Waals surface area contributed by atoms with Crippen molar-refractivity contribution in [1.29, 1.82) is 0 Å². The summed E-state index contributed by atoms with van der Waals surface area (Å²) in [5.41, 5.74) is 6.57. The van der Waals surface area contributed by atoms with Gasteiger partial charge in [-0.15, -0.1) is 0 Å². The van der Waals surface area contributed by atoms with Crippen LogP contribution in [0.2, 0.25) is 0 Å². The summed E-state index contributed by atoms with van der Waals surface area (Å²) in [6, 6.07) is 32.3. The Balaban J connectivity index is 1.44. The molecular weight excluding hydrogens is 474 g/mol. The van der Waals surface area contributed by atoms with E-state index in [4.69, 9.17) is 14.7 Å². The first-order chi connectivity index (χ1) is 18.5. The number of esters is 1. The molecule has 1 unspecified atom stereocenters. The van der Waals surface area contributed by atoms with Crippen molar-refractivity contribution >= 4 is 28.6 Å². The zero-order valence-electron chi connectivity index (χ0n) is 21.2. The molecule has 0 aliphatic carbocycles. The van der Waals surface area contributed by atoms with Crippen molar-refractivity contribution in [2.45, 2.75) is 26.4 Å². The van der Waals surface area contributed by atoms with Crippen LogP contribution in [0.3, 0.4) is 0 Å². The van der Waals surface area contributed by atoms with Crippen LogP contribution in [-0.2, 0) is 9.53 Å². The molecule has 188 valence electrons. The average Bonchev–Trinajstić information content (AvgIpc) is 2.95. The second-order valence-corrected chi connectivity index (χ2v) is 9.02. The van der Waals surface area contributed by atoms with Gasteiger partial charge in [0.25, 0.3) is 5.91 Å². The van der Waals surface area contributed by atoms with Crippen LogP contribution in [-0.4, -0.2) is 27.9 Å². The number of hydrogen-bond acceptors (Lipinski definition) is 5. The van der Waals surface area contributed by atoms with Crippen molar-refractivity contribution in [2.75, 3.05) is 5.32 Å². The Labute approximate surface area is 221 Å². The molecule has 1 amide bonds. The third-order valence-corrected chi connectivity index (χ3v) is 6.19. The van der Waals surface area contributed by atoms with Gasteiger partial charge in [0.1, 0.15) is 0 Å². The van der Waals surface area contributed by atoms with E-state index >= 15 is 0 Å². The van der Waals surface area contributed by atoms with E-state index in [1.807, 2.05) is 85.8 Å². The minimum Gasteiger partial charge on any atom is -0.449 e. The van der Waals surface area contributed by atoms with Gasteiger partial charge >= 0.3 is 5.97 Å². The molecule has 5 rings (SSSR count). The lowest BCUT2D eigenvalue weighted by molar-refractivity contribution is -0.124. The second kappa shape index (κ2) is 11.0. The molecule has 1 aromatic heterocycles. The highest BCUT2D eigenvalue weighted by molar-refractivity contribution is 5.99. The first-order valence-electron chi connectivity index (χ1n) is 12.5. The van der Waals surface area contributed by atoms with E-state index < -0.39 is 12.1 Å². The number of nitrogens with one attached hydrogen (secondary N) is 1. The van der Waals surface area contributed by atoms with E-state index in [9.17, 15) is 9.59 Å². The number of anilines is 1. The smallest absolute Gasteiger partial charge is 0.338 e. The monoisotopic (exact) mass is 501 g/mol. The quantitative estimate of drug-likeness (QED) is 0.247. The number of carbonyl (C=O) groups excluding carboxylic acids is 2. The highest BCUT2D eigenvalue weighted by Gasteiger charge is 2.23. The Hall–Kier alpha value is -4.84. The predicted molar refractivity (Wildman–Crippen MR) is 150 cm³/mol. The van der Waals surface area contributed by atoms with Crippen LogP contribution in [0, 0.1) is 6.92 Å². The van der Waals surface area contributed by atoms with Crippen molar-refractivity contribution in [3.63, 3.8) is 0 Å². The molecule has 0 bridgehead atoms. The SMILES string of the molecule is CCC(OC(=O)c1ccc2nc(-c3ccccc3)c(-c3ccccc3)nc2c1)C(=O)Nc1cccc(C)c1. The van der Waals surface area contributed by atoms with E-state index in [0.29, 0.717) is 28.7 Å². The normalized spacial score (nSPS) is 11.6. The van der Waals surface area contributed by atoms with Crippen molar-refractivity contribution < 1.29 is 14.3 Å². The van der Waals surface area contributed by atoms with Gasteiger partial charge in [0, 0.05) is 16.8 Å². The number of carbonyl (C=O) groups is 2. The molecule has 0 saturated carbocycles. The average molecular weight is 502 g/mol. The minimum atomic E-state index is -0.926. The van der Waals surface area contributed by atoms with Gasteiger partial charge in [-0.3, -0.25) is 4.79 Å². The number of rotatable bonds is 7. The van der Waals surface area contributed by atoms with Gasteiger partial charge in [-0.1, -0.05) is 79.7 Å². The van der Waals surface area contributed by atoms with E-state index in [1.54, 1.807) is 31.2 Å². The van der Waals surface area contributed by atoms with Gasteiger partial charge in [0.15, 0.2) is 6.10 Å². The number of amides is 1. The lowest BCUT2D eigenvalue weighted by Gasteiger charge is -2.16. The third-order valence-electron chi connectivity index (χ3n) is 6.19. The standard InChI is InChI=1S/C32H27N3O3/c1-3-28(31(36)33-25-16-10-11-21(2)19-25)38-32(37)24-17-18-26-27(20-24)35-30(23-14-8-5-9-15-23)29(34-26)22-12-6-4-7-13-22/h4-20,28H,3H2,1-2H3,(H,33,36). The first kappa shape index (κ1) is 24.8. The number of nitrogens with zero attached hydrogens (tertiary/aromatic N) is 2. The highest BCUT2D eigenvalue weighted by atomic mass is 16.5. The van der Waals surface area contributed by atoms with Crippen molar-refractivity contribution in [3.8, 4) is 22.5 Å². The molecule has 4 aromatic carbocycles. The molecule has 0 aliphatic rings. The predicted octanol–water partition coefficient (Wildman–Crippen LogP) is 6.85. The molecule has 0 fully saturated rings. The van der Waals surface area contributed by atoms with Crippen molar-refractivity contribution in [3.05, 3.63) is 114 Å². The molecule has 0 saturated heterocycles. The molecule has 1 heterocycles. The summed E-state index contributed by atoms with van der Waals surface area (Å²) in [7, 11) is 0. The van der Waals surface area contributed by atoms with Gasteiger partial charge < -0.3 is 10.1 Å². The minimum absolute atomic E-state index is 0.306. The molecule has 1 N–H and O–H groups in total. The van der Waals surface area contributed by atoms with Crippen molar-refractivity contribution in [2.24, 2.45) is 0 Å². The molecular formula is C32H27N3O3. The van der Waals surface area contributed by atoms with Crippen LogP contribution in [0.5, 0.6) is 0 Å².